The standard InChI is InChI=1S/C63H75N5O13/c1-63(2,3)81-62(76)65-39-21-19-32-52(66-55(69)33-14-7-20-38-64-61(75)80-43-51-49-30-17-15-28-47(49)48-29-16-18-31-50(48)51)58(72)67-53(34-36-56(70)77-40-44-22-8-4-9-23-44)59(73)68-54(60(74)79-42-46-26-12-6-13-27-46)35-37-57(71)78-41-45-24-10-5-11-25-45/h4-6,8-13,15-18,22-31,51-54H,7,14,19-21,32-43H2,1-3H3,(H,64,75)(H,65,76)(H,66,69)(H,67,72)(H,68,73). The fraction of sp³-hybridized carbons (Fsp3) is 0.397. The lowest BCUT2D eigenvalue weighted by Gasteiger charge is -2.25. The Hall–Kier alpha value is -8.54. The number of amides is 5. The van der Waals surface area contributed by atoms with Crippen LogP contribution in [-0.2, 0) is 72.3 Å². The lowest BCUT2D eigenvalue weighted by atomic mass is 9.98. The molecule has 5 aromatic rings. The van der Waals surface area contributed by atoms with Gasteiger partial charge in [-0.05, 0) is 105 Å². The number of fused-ring (bicyclic) bond motifs is 3. The van der Waals surface area contributed by atoms with Gasteiger partial charge in [0.2, 0.25) is 17.7 Å². The number of carbonyl (C=O) groups excluding carboxylic acids is 8. The first-order valence-electron chi connectivity index (χ1n) is 27.7. The predicted molar refractivity (Wildman–Crippen MR) is 303 cm³/mol. The Morgan fingerprint density at radius 3 is 1.42 bits per heavy atom. The van der Waals surface area contributed by atoms with E-state index in [9.17, 15) is 38.4 Å². The molecule has 0 spiro atoms. The Bertz CT molecular complexity index is 2800. The number of rotatable bonds is 31. The van der Waals surface area contributed by atoms with Gasteiger partial charge >= 0.3 is 30.1 Å². The minimum absolute atomic E-state index is 0.00914. The summed E-state index contributed by atoms with van der Waals surface area (Å²) in [6, 6.07) is 39.0. The summed E-state index contributed by atoms with van der Waals surface area (Å²) in [5.41, 5.74) is 5.92. The predicted octanol–water partition coefficient (Wildman–Crippen LogP) is 9.03. The number of benzene rings is 5. The van der Waals surface area contributed by atoms with E-state index >= 15 is 0 Å². The summed E-state index contributed by atoms with van der Waals surface area (Å²) in [4.78, 5) is 107. The molecule has 18 heteroatoms. The van der Waals surface area contributed by atoms with Crippen molar-refractivity contribution >= 4 is 47.8 Å². The molecule has 430 valence electrons. The van der Waals surface area contributed by atoms with Crippen LogP contribution in [0.5, 0.6) is 0 Å². The summed E-state index contributed by atoms with van der Waals surface area (Å²) in [6.45, 7) is 5.75. The largest absolute Gasteiger partial charge is 0.461 e. The van der Waals surface area contributed by atoms with Gasteiger partial charge in [0.1, 0.15) is 50.2 Å². The van der Waals surface area contributed by atoms with Crippen LogP contribution in [0.4, 0.5) is 9.59 Å². The number of alkyl carbamates (subject to hydrolysis) is 2. The van der Waals surface area contributed by atoms with E-state index in [1.165, 1.54) is 0 Å². The molecular weight excluding hydrogens is 1030 g/mol. The van der Waals surface area contributed by atoms with E-state index in [-0.39, 0.29) is 77.4 Å². The number of nitrogens with one attached hydrogen (secondary N) is 5. The van der Waals surface area contributed by atoms with Gasteiger partial charge in [-0.2, -0.15) is 0 Å². The molecular formula is C63H75N5O13. The van der Waals surface area contributed by atoms with E-state index in [2.05, 4.69) is 38.7 Å². The number of hydrogen-bond donors (Lipinski definition) is 5. The fourth-order valence-corrected chi connectivity index (χ4v) is 8.98. The maximum atomic E-state index is 14.4. The van der Waals surface area contributed by atoms with E-state index in [1.54, 1.807) is 99.6 Å². The van der Waals surface area contributed by atoms with Crippen LogP contribution in [0.25, 0.3) is 11.1 Å². The SMILES string of the molecule is CC(C)(C)OC(=O)NCCCCC(NC(=O)CCCCCNC(=O)OCC1c2ccccc2-c2ccccc21)C(=O)NC(CCC(=O)OCc1ccccc1)C(=O)NC(CCC(=O)OCc1ccccc1)C(=O)OCc1ccccc1. The summed E-state index contributed by atoms with van der Waals surface area (Å²) < 4.78 is 27.5. The van der Waals surface area contributed by atoms with Crippen LogP contribution in [-0.4, -0.2) is 91.2 Å². The third-order valence-electron chi connectivity index (χ3n) is 13.2. The molecule has 0 fully saturated rings. The van der Waals surface area contributed by atoms with Gasteiger partial charge in [0, 0.05) is 38.3 Å². The lowest BCUT2D eigenvalue weighted by molar-refractivity contribution is -0.151. The maximum Gasteiger partial charge on any atom is 0.407 e. The third-order valence-corrected chi connectivity index (χ3v) is 13.2. The van der Waals surface area contributed by atoms with E-state index in [4.69, 9.17) is 23.7 Å². The number of esters is 3. The normalized spacial score (nSPS) is 12.7. The van der Waals surface area contributed by atoms with E-state index < -0.39 is 71.5 Å². The zero-order chi connectivity index (χ0) is 57.8. The third kappa shape index (κ3) is 21.9. The molecule has 0 aliphatic heterocycles. The summed E-state index contributed by atoms with van der Waals surface area (Å²) >= 11 is 0. The van der Waals surface area contributed by atoms with Gasteiger partial charge in [0.05, 0.1) is 0 Å². The molecule has 3 unspecified atom stereocenters. The highest BCUT2D eigenvalue weighted by Gasteiger charge is 2.32. The topological polar surface area (TPSA) is 243 Å². The van der Waals surface area contributed by atoms with Crippen LogP contribution < -0.4 is 26.6 Å². The summed E-state index contributed by atoms with van der Waals surface area (Å²) in [6.07, 6.45) is 0.118. The van der Waals surface area contributed by atoms with Crippen molar-refractivity contribution in [1.82, 2.24) is 26.6 Å². The van der Waals surface area contributed by atoms with Crippen LogP contribution in [0, 0.1) is 0 Å². The van der Waals surface area contributed by atoms with Crippen LogP contribution in [0.3, 0.4) is 0 Å². The highest BCUT2D eigenvalue weighted by molar-refractivity contribution is 5.94. The molecule has 0 heterocycles. The Kier molecular flexibility index (Phi) is 24.8. The van der Waals surface area contributed by atoms with Crippen LogP contribution in [0.1, 0.15) is 125 Å². The van der Waals surface area contributed by atoms with Crippen LogP contribution >= 0.6 is 0 Å². The minimum Gasteiger partial charge on any atom is -0.461 e. The van der Waals surface area contributed by atoms with Gasteiger partial charge in [-0.3, -0.25) is 24.0 Å². The first-order valence-corrected chi connectivity index (χ1v) is 27.7. The van der Waals surface area contributed by atoms with Gasteiger partial charge in [0.15, 0.2) is 0 Å². The second-order valence-corrected chi connectivity index (χ2v) is 20.7. The van der Waals surface area contributed by atoms with Gasteiger partial charge in [-0.25, -0.2) is 14.4 Å². The van der Waals surface area contributed by atoms with Crippen molar-refractivity contribution in [3.05, 3.63) is 167 Å². The van der Waals surface area contributed by atoms with Crippen molar-refractivity contribution < 1.29 is 62.0 Å². The smallest absolute Gasteiger partial charge is 0.407 e. The Morgan fingerprint density at radius 2 is 0.889 bits per heavy atom. The highest BCUT2D eigenvalue weighted by atomic mass is 16.6. The van der Waals surface area contributed by atoms with Crippen LogP contribution in [0.2, 0.25) is 0 Å². The average molecular weight is 1110 g/mol. The summed E-state index contributed by atoms with van der Waals surface area (Å²) in [5, 5.41) is 13.7. The number of unbranched alkanes of at least 4 members (excludes halogenated alkanes) is 3. The van der Waals surface area contributed by atoms with Gasteiger partial charge in [-0.1, -0.05) is 146 Å². The van der Waals surface area contributed by atoms with Gasteiger partial charge in [-0.15, -0.1) is 0 Å². The molecule has 0 radical (unpaired) electrons. The molecule has 5 N–H and O–H groups in total. The number of hydrogen-bond acceptors (Lipinski definition) is 13. The highest BCUT2D eigenvalue weighted by Crippen LogP contribution is 2.44. The monoisotopic (exact) mass is 1110 g/mol. The van der Waals surface area contributed by atoms with Crippen molar-refractivity contribution in [2.45, 2.75) is 141 Å². The molecule has 18 nitrogen and oxygen atoms in total. The van der Waals surface area contributed by atoms with Crippen molar-refractivity contribution in [3.63, 3.8) is 0 Å². The second-order valence-electron chi connectivity index (χ2n) is 20.7. The molecule has 0 aromatic heterocycles. The van der Waals surface area contributed by atoms with Crippen LogP contribution in [0.15, 0.2) is 140 Å². The van der Waals surface area contributed by atoms with Crippen molar-refractivity contribution in [2.24, 2.45) is 0 Å². The van der Waals surface area contributed by atoms with E-state index in [0.29, 0.717) is 44.2 Å². The maximum absolute atomic E-state index is 14.4. The molecule has 5 aromatic carbocycles. The molecule has 81 heavy (non-hydrogen) atoms. The molecule has 1 aliphatic rings. The van der Waals surface area contributed by atoms with E-state index in [0.717, 1.165) is 33.4 Å². The zero-order valence-corrected chi connectivity index (χ0v) is 46.4. The Morgan fingerprint density at radius 1 is 0.444 bits per heavy atom. The first-order chi connectivity index (χ1) is 39.1. The van der Waals surface area contributed by atoms with Crippen molar-refractivity contribution in [1.29, 1.82) is 0 Å². The Labute approximate surface area is 473 Å². The minimum atomic E-state index is -1.45. The zero-order valence-electron chi connectivity index (χ0n) is 46.4. The first kappa shape index (κ1) is 61.7. The quantitative estimate of drug-likeness (QED) is 0.0158. The average Bonchev–Trinajstić information content (AvgIpc) is 3.94. The molecule has 3 atom stereocenters. The Balaban J connectivity index is 1.08. The molecule has 0 saturated heterocycles. The fourth-order valence-electron chi connectivity index (χ4n) is 8.98. The molecule has 6 rings (SSSR count). The lowest BCUT2D eigenvalue weighted by Crippen LogP contribution is -2.56. The second kappa shape index (κ2) is 32.5. The van der Waals surface area contributed by atoms with E-state index in [1.807, 2.05) is 48.5 Å². The van der Waals surface area contributed by atoms with Gasteiger partial charge < -0.3 is 50.3 Å². The summed E-state index contributed by atoms with van der Waals surface area (Å²) in [5.74, 6) is -4.29. The molecule has 1 aliphatic carbocycles. The molecule has 0 saturated carbocycles. The van der Waals surface area contributed by atoms with Crippen molar-refractivity contribution in [3.8, 4) is 11.1 Å². The van der Waals surface area contributed by atoms with Gasteiger partial charge in [0.25, 0.3) is 0 Å². The van der Waals surface area contributed by atoms with Crippen molar-refractivity contribution in [2.75, 3.05) is 19.7 Å². The molecule has 0 bridgehead atoms. The summed E-state index contributed by atoms with van der Waals surface area (Å²) in [7, 11) is 0. The number of carbonyl (C=O) groups is 8. The molecule has 5 amide bonds. The number of ether oxygens (including phenoxy) is 5.